The zero-order chi connectivity index (χ0) is 16.0. The Labute approximate surface area is 138 Å². The maximum Gasteiger partial charge on any atom is 0.337 e. The normalized spacial score (nSPS) is 10.4. The van der Waals surface area contributed by atoms with Gasteiger partial charge in [-0.25, -0.2) is 9.78 Å². The lowest BCUT2D eigenvalue weighted by Crippen LogP contribution is -2.04. The van der Waals surface area contributed by atoms with Crippen molar-refractivity contribution < 1.29 is 9.53 Å². The predicted octanol–water partition coefficient (Wildman–Crippen LogP) is 5.78. The Kier molecular flexibility index (Phi) is 7.32. The van der Waals surface area contributed by atoms with E-state index in [2.05, 4.69) is 34.8 Å². The Hall–Kier alpha value is -0.940. The zero-order valence-electron chi connectivity index (χ0n) is 13.2. The first-order chi connectivity index (χ1) is 10.1. The zero-order valence-corrected chi connectivity index (χ0v) is 15.6. The highest BCUT2D eigenvalue weighted by atomic mass is 79.9. The third-order valence-corrected chi connectivity index (χ3v) is 4.80. The molecule has 0 saturated carbocycles. The monoisotopic (exact) mass is 371 g/mol. The van der Waals surface area contributed by atoms with Gasteiger partial charge in [-0.2, -0.15) is 0 Å². The van der Waals surface area contributed by atoms with Gasteiger partial charge < -0.3 is 4.74 Å². The molecule has 1 aromatic carbocycles. The van der Waals surface area contributed by atoms with Crippen LogP contribution in [0.2, 0.25) is 0 Å². The minimum absolute atomic E-state index is 0.293. The van der Waals surface area contributed by atoms with E-state index >= 15 is 0 Å². The fourth-order valence-corrected chi connectivity index (χ4v) is 3.77. The molecule has 0 radical (unpaired) electrons. The summed E-state index contributed by atoms with van der Waals surface area (Å²) in [4.78, 5) is 16.3. The number of carbonyl (C=O) groups excluding carboxylic acids is 1. The first-order valence-electron chi connectivity index (χ1n) is 7.29. The highest BCUT2D eigenvalue weighted by Gasteiger charge is 2.18. The van der Waals surface area contributed by atoms with Crippen molar-refractivity contribution >= 4 is 43.5 Å². The third-order valence-electron chi connectivity index (χ3n) is 3.34. The first kappa shape index (κ1) is 18.1. The van der Waals surface area contributed by atoms with Crippen LogP contribution in [-0.2, 0) is 4.74 Å². The number of carbonyl (C=O) groups is 1. The summed E-state index contributed by atoms with van der Waals surface area (Å²) in [6.07, 6.45) is 2.07. The maximum absolute atomic E-state index is 11.8. The highest BCUT2D eigenvalue weighted by Crippen LogP contribution is 2.35. The number of halogens is 1. The Morgan fingerprint density at radius 1 is 1.33 bits per heavy atom. The Balaban J connectivity index is 0.00000106. The molecule has 21 heavy (non-hydrogen) atoms. The fraction of sp³-hybridized carbons (Fsp3) is 0.500. The highest BCUT2D eigenvalue weighted by molar-refractivity contribution is 9.11. The van der Waals surface area contributed by atoms with Crippen molar-refractivity contribution in [2.75, 3.05) is 7.11 Å². The van der Waals surface area contributed by atoms with Crippen molar-refractivity contribution in [3.05, 3.63) is 27.2 Å². The van der Waals surface area contributed by atoms with Gasteiger partial charge in [-0.3, -0.25) is 0 Å². The fourth-order valence-electron chi connectivity index (χ4n) is 2.30. The molecular formula is C16H22BrNO2S. The number of hydrogen-bond acceptors (Lipinski definition) is 4. The van der Waals surface area contributed by atoms with Gasteiger partial charge in [-0.15, -0.1) is 11.3 Å². The van der Waals surface area contributed by atoms with E-state index < -0.39 is 0 Å². The number of nitrogens with zero attached hydrogens (tertiary/aromatic N) is 1. The molecule has 0 saturated heterocycles. The summed E-state index contributed by atoms with van der Waals surface area (Å²) in [7, 11) is 1.41. The molecule has 0 N–H and O–H groups in total. The van der Waals surface area contributed by atoms with Crippen LogP contribution in [-0.4, -0.2) is 18.1 Å². The van der Waals surface area contributed by atoms with Crippen LogP contribution in [0.25, 0.3) is 10.2 Å². The molecule has 0 atom stereocenters. The average molecular weight is 372 g/mol. The molecule has 1 heterocycles. The van der Waals surface area contributed by atoms with E-state index in [-0.39, 0.29) is 5.97 Å². The predicted molar refractivity (Wildman–Crippen MR) is 93.3 cm³/mol. The van der Waals surface area contributed by atoms with Gasteiger partial charge in [-0.05, 0) is 52.4 Å². The van der Waals surface area contributed by atoms with Crippen LogP contribution in [0.3, 0.4) is 0 Å². The molecule has 116 valence electrons. The lowest BCUT2D eigenvalue weighted by atomic mass is 9.92. The minimum Gasteiger partial charge on any atom is -0.465 e. The second-order valence-corrected chi connectivity index (χ2v) is 6.69. The quantitative estimate of drug-likeness (QED) is 0.639. The molecule has 0 fully saturated rings. The summed E-state index contributed by atoms with van der Waals surface area (Å²) >= 11 is 4.97. The summed E-state index contributed by atoms with van der Waals surface area (Å²) < 4.78 is 6.70. The van der Waals surface area contributed by atoms with Gasteiger partial charge in [-0.1, -0.05) is 27.7 Å². The summed E-state index contributed by atoms with van der Waals surface area (Å²) in [5.74, 6) is 0.125. The molecule has 3 nitrogen and oxygen atoms in total. The van der Waals surface area contributed by atoms with Crippen molar-refractivity contribution in [2.24, 2.45) is 0 Å². The molecule has 1 aromatic heterocycles. The van der Waals surface area contributed by atoms with Crippen LogP contribution < -0.4 is 0 Å². The van der Waals surface area contributed by atoms with Gasteiger partial charge in [0, 0.05) is 0 Å². The van der Waals surface area contributed by atoms with Gasteiger partial charge in [0.1, 0.15) is 0 Å². The lowest BCUT2D eigenvalue weighted by molar-refractivity contribution is 0.0601. The minimum atomic E-state index is -0.293. The van der Waals surface area contributed by atoms with Crippen LogP contribution in [0.5, 0.6) is 0 Å². The topological polar surface area (TPSA) is 39.2 Å². The standard InChI is InChI=1S/C14H16BrNO2S.C2H6/c1-4-8(5-2)10-6-9(13(17)18-3)7-11-12(10)16-14(15)19-11;1-2/h6-8H,4-5H2,1-3H3;1-2H3. The van der Waals surface area contributed by atoms with Crippen molar-refractivity contribution in [3.8, 4) is 0 Å². The SMILES string of the molecule is CC.CCC(CC)c1cc(C(=O)OC)cc2sc(Br)nc12. The van der Waals surface area contributed by atoms with Gasteiger partial charge in [0.25, 0.3) is 0 Å². The number of ether oxygens (including phenoxy) is 1. The Morgan fingerprint density at radius 3 is 2.48 bits per heavy atom. The number of aromatic nitrogens is 1. The van der Waals surface area contributed by atoms with Gasteiger partial charge >= 0.3 is 5.97 Å². The lowest BCUT2D eigenvalue weighted by Gasteiger charge is -2.14. The van der Waals surface area contributed by atoms with Crippen LogP contribution in [0.1, 0.15) is 62.4 Å². The van der Waals surface area contributed by atoms with E-state index in [1.165, 1.54) is 7.11 Å². The van der Waals surface area contributed by atoms with Crippen molar-refractivity contribution in [3.63, 3.8) is 0 Å². The molecule has 0 aliphatic carbocycles. The number of esters is 1. The number of hydrogen-bond donors (Lipinski definition) is 0. The van der Waals surface area contributed by atoms with Crippen LogP contribution in [0.15, 0.2) is 16.0 Å². The Bertz CT molecular complexity index is 606. The molecule has 0 aliphatic heterocycles. The molecule has 0 amide bonds. The molecular weight excluding hydrogens is 350 g/mol. The summed E-state index contributed by atoms with van der Waals surface area (Å²) in [5, 5.41) is 0. The first-order valence-corrected chi connectivity index (χ1v) is 8.89. The van der Waals surface area contributed by atoms with Crippen molar-refractivity contribution in [1.29, 1.82) is 0 Å². The van der Waals surface area contributed by atoms with Crippen molar-refractivity contribution in [2.45, 2.75) is 46.5 Å². The van der Waals surface area contributed by atoms with Gasteiger partial charge in [0.15, 0.2) is 3.92 Å². The number of methoxy groups -OCH3 is 1. The number of fused-ring (bicyclic) bond motifs is 1. The summed E-state index contributed by atoms with van der Waals surface area (Å²) in [6, 6.07) is 3.79. The molecule has 0 bridgehead atoms. The molecule has 2 rings (SSSR count). The average Bonchev–Trinajstić information content (AvgIpc) is 2.89. The Morgan fingerprint density at radius 2 is 1.95 bits per heavy atom. The van der Waals surface area contributed by atoms with Gasteiger partial charge in [0.05, 0.1) is 22.9 Å². The van der Waals surface area contributed by atoms with E-state index in [1.54, 1.807) is 11.3 Å². The molecule has 5 heteroatoms. The number of benzene rings is 1. The largest absolute Gasteiger partial charge is 0.465 e. The maximum atomic E-state index is 11.8. The third kappa shape index (κ3) is 4.04. The van der Waals surface area contributed by atoms with Crippen LogP contribution in [0, 0.1) is 0 Å². The molecule has 2 aromatic rings. The van der Waals surface area contributed by atoms with Crippen molar-refractivity contribution in [1.82, 2.24) is 4.98 Å². The van der Waals surface area contributed by atoms with E-state index in [1.807, 2.05) is 26.0 Å². The van der Waals surface area contributed by atoms with Crippen LogP contribution in [0.4, 0.5) is 0 Å². The molecule has 0 unspecified atom stereocenters. The smallest absolute Gasteiger partial charge is 0.337 e. The van der Waals surface area contributed by atoms with E-state index in [0.717, 1.165) is 32.5 Å². The van der Waals surface area contributed by atoms with E-state index in [4.69, 9.17) is 4.74 Å². The molecule has 0 aliphatic rings. The number of rotatable bonds is 4. The number of thiazole rings is 1. The van der Waals surface area contributed by atoms with E-state index in [0.29, 0.717) is 11.5 Å². The second-order valence-electron chi connectivity index (χ2n) is 4.38. The molecule has 0 spiro atoms. The van der Waals surface area contributed by atoms with Crippen LogP contribution >= 0.6 is 27.3 Å². The van der Waals surface area contributed by atoms with E-state index in [9.17, 15) is 4.79 Å². The second kappa shape index (κ2) is 8.49. The summed E-state index contributed by atoms with van der Waals surface area (Å²) in [5.41, 5.74) is 2.75. The summed E-state index contributed by atoms with van der Waals surface area (Å²) in [6.45, 7) is 8.32. The van der Waals surface area contributed by atoms with Gasteiger partial charge in [0.2, 0.25) is 0 Å².